The minimum atomic E-state index is -0.0696. The van der Waals surface area contributed by atoms with E-state index in [0.29, 0.717) is 4.73 Å². The highest BCUT2D eigenvalue weighted by Gasteiger charge is 2.35. The number of hydrogen-bond acceptors (Lipinski definition) is 4. The van der Waals surface area contributed by atoms with Crippen molar-refractivity contribution >= 4 is 59.7 Å². The highest BCUT2D eigenvalue weighted by atomic mass is 79.9. The summed E-state index contributed by atoms with van der Waals surface area (Å²) in [6.07, 6.45) is 0. The molecule has 0 saturated heterocycles. The Hall–Kier alpha value is -4.87. The molecule has 5 aromatic carbocycles. The summed E-state index contributed by atoms with van der Waals surface area (Å²) >= 11 is 3.60. The van der Waals surface area contributed by atoms with Gasteiger partial charge in [0.2, 0.25) is 0 Å². The average molecular weight is 619 g/mol. The van der Waals surface area contributed by atoms with E-state index in [1.807, 2.05) is 24.3 Å². The fourth-order valence-electron chi connectivity index (χ4n) is 6.87. The molecule has 43 heavy (non-hydrogen) atoms. The monoisotopic (exact) mass is 617 g/mol. The van der Waals surface area contributed by atoms with Gasteiger partial charge in [-0.2, -0.15) is 0 Å². The van der Waals surface area contributed by atoms with E-state index in [9.17, 15) is 0 Å². The van der Waals surface area contributed by atoms with Crippen molar-refractivity contribution in [3.05, 3.63) is 125 Å². The standard InChI is InChI=1S/C38H24BrN3O/c1-38(2)29-9-5-3-7-24(29)25-15-12-22(20-30(25)38)31-17-13-21-11-16-27-34(41-37(39)42-36(27)35(21)40-31)23-14-18-33-28(19-23)26-8-4-6-10-32(26)43-33/h3-20H,1-2H3. The molecule has 0 unspecified atom stereocenters. The molecule has 0 atom stereocenters. The van der Waals surface area contributed by atoms with E-state index in [1.165, 1.54) is 22.3 Å². The molecule has 3 aromatic heterocycles. The number of para-hydroxylation sites is 1. The molecule has 0 fully saturated rings. The van der Waals surface area contributed by atoms with Crippen LogP contribution in [0.25, 0.3) is 77.4 Å². The Kier molecular flexibility index (Phi) is 5.07. The van der Waals surface area contributed by atoms with E-state index >= 15 is 0 Å². The summed E-state index contributed by atoms with van der Waals surface area (Å²) in [7, 11) is 0. The Morgan fingerprint density at radius 3 is 2.28 bits per heavy atom. The Labute approximate surface area is 256 Å². The summed E-state index contributed by atoms with van der Waals surface area (Å²) in [6.45, 7) is 4.62. The molecule has 4 nitrogen and oxygen atoms in total. The predicted octanol–water partition coefficient (Wildman–Crippen LogP) is 10.5. The second-order valence-corrected chi connectivity index (χ2v) is 12.5. The van der Waals surface area contributed by atoms with Gasteiger partial charge in [0.15, 0.2) is 4.73 Å². The molecule has 0 amide bonds. The third-order valence-corrected chi connectivity index (χ3v) is 9.38. The van der Waals surface area contributed by atoms with Crippen LogP contribution in [0.4, 0.5) is 0 Å². The fraction of sp³-hybridized carbons (Fsp3) is 0.0789. The van der Waals surface area contributed by atoms with Gasteiger partial charge in [-0.3, -0.25) is 0 Å². The van der Waals surface area contributed by atoms with E-state index < -0.39 is 0 Å². The molecule has 0 aliphatic heterocycles. The zero-order valence-electron chi connectivity index (χ0n) is 23.5. The van der Waals surface area contributed by atoms with Crippen molar-refractivity contribution in [2.45, 2.75) is 19.3 Å². The van der Waals surface area contributed by atoms with Crippen LogP contribution in [0.1, 0.15) is 25.0 Å². The van der Waals surface area contributed by atoms with Crippen molar-refractivity contribution in [2.75, 3.05) is 0 Å². The van der Waals surface area contributed by atoms with Gasteiger partial charge in [0.1, 0.15) is 16.7 Å². The summed E-state index contributed by atoms with van der Waals surface area (Å²) < 4.78 is 6.61. The summed E-state index contributed by atoms with van der Waals surface area (Å²) in [6, 6.07) is 38.3. The molecule has 9 rings (SSSR count). The number of pyridine rings is 1. The maximum Gasteiger partial charge on any atom is 0.197 e. The molecule has 0 N–H and O–H groups in total. The average Bonchev–Trinajstić information content (AvgIpc) is 3.52. The van der Waals surface area contributed by atoms with E-state index in [0.717, 1.165) is 66.3 Å². The minimum Gasteiger partial charge on any atom is -0.456 e. The smallest absolute Gasteiger partial charge is 0.197 e. The third-order valence-electron chi connectivity index (χ3n) is 9.03. The van der Waals surface area contributed by atoms with Gasteiger partial charge >= 0.3 is 0 Å². The summed E-state index contributed by atoms with van der Waals surface area (Å²) in [5, 5.41) is 4.16. The molecule has 1 aliphatic carbocycles. The maximum atomic E-state index is 6.07. The van der Waals surface area contributed by atoms with Gasteiger partial charge in [0.05, 0.1) is 16.9 Å². The molecule has 0 bridgehead atoms. The first-order chi connectivity index (χ1) is 21.0. The van der Waals surface area contributed by atoms with Gasteiger partial charge in [-0.1, -0.05) is 80.6 Å². The van der Waals surface area contributed by atoms with Crippen molar-refractivity contribution in [1.29, 1.82) is 0 Å². The zero-order valence-corrected chi connectivity index (χ0v) is 25.1. The Morgan fingerprint density at radius 1 is 0.581 bits per heavy atom. The second-order valence-electron chi connectivity index (χ2n) is 11.8. The second kappa shape index (κ2) is 8.82. The van der Waals surface area contributed by atoms with Crippen LogP contribution >= 0.6 is 15.9 Å². The number of rotatable bonds is 2. The summed E-state index contributed by atoms with van der Waals surface area (Å²) in [5.41, 5.74) is 12.6. The summed E-state index contributed by atoms with van der Waals surface area (Å²) in [4.78, 5) is 14.9. The van der Waals surface area contributed by atoms with Crippen LogP contribution in [0.5, 0.6) is 0 Å². The fourth-order valence-corrected chi connectivity index (χ4v) is 7.22. The molecule has 204 valence electrons. The Balaban J connectivity index is 1.22. The molecule has 0 radical (unpaired) electrons. The molecule has 3 heterocycles. The zero-order chi connectivity index (χ0) is 28.9. The van der Waals surface area contributed by atoms with Crippen molar-refractivity contribution in [1.82, 2.24) is 15.0 Å². The van der Waals surface area contributed by atoms with Gasteiger partial charge in [-0.25, -0.2) is 15.0 Å². The lowest BCUT2D eigenvalue weighted by Crippen LogP contribution is -2.14. The number of benzene rings is 5. The minimum absolute atomic E-state index is 0.0696. The number of fused-ring (bicyclic) bond motifs is 9. The third kappa shape index (κ3) is 3.58. The normalized spacial score (nSPS) is 13.7. The van der Waals surface area contributed by atoms with Crippen molar-refractivity contribution in [3.8, 4) is 33.6 Å². The number of halogens is 1. The Morgan fingerprint density at radius 2 is 1.35 bits per heavy atom. The molecule has 5 heteroatoms. The van der Waals surface area contributed by atoms with Crippen LogP contribution < -0.4 is 0 Å². The lowest BCUT2D eigenvalue weighted by Gasteiger charge is -2.21. The highest BCUT2D eigenvalue weighted by Crippen LogP contribution is 2.49. The van der Waals surface area contributed by atoms with E-state index in [2.05, 4.69) is 115 Å². The molecule has 1 aliphatic rings. The van der Waals surface area contributed by atoms with Crippen molar-refractivity contribution in [2.24, 2.45) is 0 Å². The largest absolute Gasteiger partial charge is 0.456 e. The lowest BCUT2D eigenvalue weighted by molar-refractivity contribution is 0.660. The van der Waals surface area contributed by atoms with Crippen molar-refractivity contribution < 1.29 is 4.42 Å². The maximum absolute atomic E-state index is 6.07. The number of furan rings is 1. The van der Waals surface area contributed by atoms with Crippen LogP contribution in [0.2, 0.25) is 0 Å². The van der Waals surface area contributed by atoms with E-state index in [4.69, 9.17) is 19.4 Å². The molecule has 8 aromatic rings. The van der Waals surface area contributed by atoms with Crippen LogP contribution in [0.15, 0.2) is 118 Å². The van der Waals surface area contributed by atoms with Crippen LogP contribution in [-0.4, -0.2) is 15.0 Å². The Bertz CT molecular complexity index is 2460. The first-order valence-corrected chi connectivity index (χ1v) is 15.2. The predicted molar refractivity (Wildman–Crippen MR) is 178 cm³/mol. The van der Waals surface area contributed by atoms with Gasteiger partial charge in [0.25, 0.3) is 0 Å². The van der Waals surface area contributed by atoms with Gasteiger partial charge in [-0.05, 0) is 80.6 Å². The van der Waals surface area contributed by atoms with Gasteiger partial charge < -0.3 is 4.42 Å². The quantitative estimate of drug-likeness (QED) is 0.143. The van der Waals surface area contributed by atoms with Crippen LogP contribution in [-0.2, 0) is 5.41 Å². The van der Waals surface area contributed by atoms with Gasteiger partial charge in [-0.15, -0.1) is 0 Å². The van der Waals surface area contributed by atoms with E-state index in [-0.39, 0.29) is 5.41 Å². The van der Waals surface area contributed by atoms with Crippen molar-refractivity contribution in [3.63, 3.8) is 0 Å². The molecular weight excluding hydrogens is 594 g/mol. The van der Waals surface area contributed by atoms with E-state index in [1.54, 1.807) is 0 Å². The highest BCUT2D eigenvalue weighted by molar-refractivity contribution is 9.10. The number of hydrogen-bond donors (Lipinski definition) is 0. The molecule has 0 spiro atoms. The first kappa shape index (κ1) is 24.7. The van der Waals surface area contributed by atoms with Gasteiger partial charge in [0, 0.05) is 38.1 Å². The summed E-state index contributed by atoms with van der Waals surface area (Å²) in [5.74, 6) is 0. The lowest BCUT2D eigenvalue weighted by atomic mass is 9.82. The van der Waals surface area contributed by atoms with Crippen LogP contribution in [0, 0.1) is 0 Å². The SMILES string of the molecule is CC1(C)c2ccccc2-c2ccc(-c3ccc4ccc5c(-c6ccc7oc8ccccc8c7c6)nc(Br)nc5c4n3)cc21. The molecular formula is C38H24BrN3O. The molecule has 0 saturated carbocycles. The first-order valence-electron chi connectivity index (χ1n) is 14.4. The van der Waals surface area contributed by atoms with Crippen LogP contribution in [0.3, 0.4) is 0 Å². The number of aromatic nitrogens is 3. The number of nitrogens with zero attached hydrogens (tertiary/aromatic N) is 3. The topological polar surface area (TPSA) is 51.8 Å².